The first kappa shape index (κ1) is 14.4. The van der Waals surface area contributed by atoms with E-state index in [0.717, 1.165) is 18.8 Å². The minimum absolute atomic E-state index is 0.0615. The van der Waals surface area contributed by atoms with Gasteiger partial charge in [0, 0.05) is 24.3 Å². The molecule has 0 spiro atoms. The van der Waals surface area contributed by atoms with Crippen molar-refractivity contribution in [2.75, 3.05) is 28.3 Å². The fourth-order valence-corrected chi connectivity index (χ4v) is 4.94. The summed E-state index contributed by atoms with van der Waals surface area (Å²) in [7, 11) is -2.90. The zero-order valence-electron chi connectivity index (χ0n) is 12.6. The van der Waals surface area contributed by atoms with Gasteiger partial charge >= 0.3 is 0 Å². The zero-order chi connectivity index (χ0) is 15.9. The molecule has 0 radical (unpaired) electrons. The van der Waals surface area contributed by atoms with Crippen molar-refractivity contribution in [2.24, 2.45) is 0 Å². The monoisotopic (exact) mass is 330 g/mol. The van der Waals surface area contributed by atoms with Gasteiger partial charge in [-0.1, -0.05) is 18.2 Å². The van der Waals surface area contributed by atoms with Gasteiger partial charge in [-0.3, -0.25) is 0 Å². The van der Waals surface area contributed by atoms with Crippen LogP contribution in [0.2, 0.25) is 0 Å². The van der Waals surface area contributed by atoms with Crippen LogP contribution in [0.15, 0.2) is 36.7 Å². The number of fused-ring (bicyclic) bond motifs is 1. The third kappa shape index (κ3) is 2.88. The average Bonchev–Trinajstić information content (AvgIpc) is 3.11. The molecule has 0 bridgehead atoms. The quantitative estimate of drug-likeness (QED) is 0.924. The van der Waals surface area contributed by atoms with Gasteiger partial charge in [0.15, 0.2) is 9.84 Å². The van der Waals surface area contributed by atoms with Gasteiger partial charge in [0.25, 0.3) is 0 Å². The highest BCUT2D eigenvalue weighted by Crippen LogP contribution is 2.33. The number of sulfone groups is 1. The first-order chi connectivity index (χ1) is 11.1. The van der Waals surface area contributed by atoms with Crippen molar-refractivity contribution in [3.05, 3.63) is 42.2 Å². The number of benzene rings is 1. The Morgan fingerprint density at radius 3 is 2.91 bits per heavy atom. The Morgan fingerprint density at radius 2 is 2.09 bits per heavy atom. The summed E-state index contributed by atoms with van der Waals surface area (Å²) in [6.45, 7) is 0.896. The van der Waals surface area contributed by atoms with Crippen molar-refractivity contribution in [1.29, 1.82) is 0 Å². The van der Waals surface area contributed by atoms with E-state index in [1.54, 1.807) is 0 Å². The van der Waals surface area contributed by atoms with Crippen LogP contribution in [0.4, 0.5) is 17.3 Å². The molecule has 1 aromatic carbocycles. The van der Waals surface area contributed by atoms with Crippen molar-refractivity contribution >= 4 is 27.2 Å². The van der Waals surface area contributed by atoms with E-state index in [9.17, 15) is 8.42 Å². The maximum absolute atomic E-state index is 11.6. The Balaban J connectivity index is 1.56. The summed E-state index contributed by atoms with van der Waals surface area (Å²) in [4.78, 5) is 10.8. The van der Waals surface area contributed by atoms with Crippen LogP contribution < -0.4 is 10.2 Å². The van der Waals surface area contributed by atoms with E-state index in [4.69, 9.17) is 0 Å². The van der Waals surface area contributed by atoms with E-state index in [2.05, 4.69) is 38.4 Å². The third-order valence-corrected chi connectivity index (χ3v) is 6.17. The molecular weight excluding hydrogens is 312 g/mol. The van der Waals surface area contributed by atoms with Crippen LogP contribution in [0.5, 0.6) is 0 Å². The highest BCUT2D eigenvalue weighted by molar-refractivity contribution is 7.91. The van der Waals surface area contributed by atoms with Gasteiger partial charge < -0.3 is 10.2 Å². The first-order valence-electron chi connectivity index (χ1n) is 7.75. The van der Waals surface area contributed by atoms with Crippen LogP contribution in [-0.2, 0) is 16.3 Å². The van der Waals surface area contributed by atoms with Crippen LogP contribution in [0, 0.1) is 0 Å². The van der Waals surface area contributed by atoms with Crippen molar-refractivity contribution in [3.63, 3.8) is 0 Å². The number of nitrogens with one attached hydrogen (secondary N) is 1. The number of rotatable bonds is 3. The second kappa shape index (κ2) is 5.49. The Bertz CT molecular complexity index is 837. The molecule has 1 saturated heterocycles. The second-order valence-electron chi connectivity index (χ2n) is 6.04. The van der Waals surface area contributed by atoms with Crippen LogP contribution in [0.1, 0.15) is 12.0 Å². The number of anilines is 3. The van der Waals surface area contributed by atoms with Gasteiger partial charge in [-0.15, -0.1) is 0 Å². The molecule has 2 aliphatic rings. The van der Waals surface area contributed by atoms with E-state index in [1.807, 2.05) is 12.1 Å². The minimum atomic E-state index is -2.90. The topological polar surface area (TPSA) is 75.2 Å². The molecule has 23 heavy (non-hydrogen) atoms. The summed E-state index contributed by atoms with van der Waals surface area (Å²) in [5.74, 6) is 1.95. The summed E-state index contributed by atoms with van der Waals surface area (Å²) < 4.78 is 23.1. The zero-order valence-corrected chi connectivity index (χ0v) is 13.5. The maximum Gasteiger partial charge on any atom is 0.152 e. The van der Waals surface area contributed by atoms with Gasteiger partial charge in [-0.2, -0.15) is 0 Å². The van der Waals surface area contributed by atoms with Gasteiger partial charge in [-0.05, 0) is 24.5 Å². The van der Waals surface area contributed by atoms with Crippen LogP contribution in [0.25, 0.3) is 0 Å². The Kier molecular flexibility index (Phi) is 3.45. The van der Waals surface area contributed by atoms with Crippen LogP contribution in [0.3, 0.4) is 0 Å². The lowest BCUT2D eigenvalue weighted by atomic mass is 10.2. The summed E-state index contributed by atoms with van der Waals surface area (Å²) in [6, 6.07) is 10.2. The number of nitrogens with zero attached hydrogens (tertiary/aromatic N) is 3. The van der Waals surface area contributed by atoms with Crippen LogP contribution in [-0.4, -0.2) is 42.5 Å². The van der Waals surface area contributed by atoms with E-state index in [0.29, 0.717) is 12.2 Å². The Labute approximate surface area is 135 Å². The van der Waals surface area contributed by atoms with Gasteiger partial charge in [0.2, 0.25) is 0 Å². The molecule has 2 aromatic rings. The Hall–Kier alpha value is -2.15. The largest absolute Gasteiger partial charge is 0.366 e. The number of aromatic nitrogens is 2. The molecule has 3 heterocycles. The molecule has 0 saturated carbocycles. The maximum atomic E-state index is 11.6. The molecule has 1 aromatic heterocycles. The molecule has 7 heteroatoms. The summed E-state index contributed by atoms with van der Waals surface area (Å²) in [6.07, 6.45) is 3.17. The third-order valence-electron chi connectivity index (χ3n) is 4.40. The van der Waals surface area contributed by atoms with Crippen LogP contribution >= 0.6 is 0 Å². The first-order valence-corrected chi connectivity index (χ1v) is 9.57. The molecule has 4 rings (SSSR count). The molecule has 0 aliphatic carbocycles. The van der Waals surface area contributed by atoms with Crippen molar-refractivity contribution in [2.45, 2.75) is 18.9 Å². The smallest absolute Gasteiger partial charge is 0.152 e. The van der Waals surface area contributed by atoms with E-state index >= 15 is 0 Å². The van der Waals surface area contributed by atoms with Crippen molar-refractivity contribution < 1.29 is 8.42 Å². The molecule has 0 amide bonds. The molecule has 2 aliphatic heterocycles. The molecule has 1 N–H and O–H groups in total. The number of hydrogen-bond donors (Lipinski definition) is 1. The lowest BCUT2D eigenvalue weighted by Gasteiger charge is -2.19. The highest BCUT2D eigenvalue weighted by Gasteiger charge is 2.28. The molecule has 1 fully saturated rings. The molecule has 1 atom stereocenters. The fraction of sp³-hybridized carbons (Fsp3) is 0.375. The van der Waals surface area contributed by atoms with Crippen molar-refractivity contribution in [3.8, 4) is 0 Å². The Morgan fingerprint density at radius 1 is 1.22 bits per heavy atom. The van der Waals surface area contributed by atoms with Gasteiger partial charge in [0.05, 0.1) is 11.5 Å². The average molecular weight is 330 g/mol. The normalized spacial score (nSPS) is 22.1. The second-order valence-corrected chi connectivity index (χ2v) is 8.26. The highest BCUT2D eigenvalue weighted by atomic mass is 32.2. The predicted octanol–water partition coefficient (Wildman–Crippen LogP) is 1.77. The van der Waals surface area contributed by atoms with Crippen molar-refractivity contribution in [1.82, 2.24) is 9.97 Å². The molecule has 120 valence electrons. The summed E-state index contributed by atoms with van der Waals surface area (Å²) in [5.41, 5.74) is 2.50. The minimum Gasteiger partial charge on any atom is -0.366 e. The number of para-hydroxylation sites is 1. The van der Waals surface area contributed by atoms with E-state index in [1.165, 1.54) is 17.6 Å². The SMILES string of the molecule is O=S1(=O)CCC(Nc2cc(N3CCc4ccccc43)ncn2)C1. The lowest BCUT2D eigenvalue weighted by Crippen LogP contribution is -2.22. The lowest BCUT2D eigenvalue weighted by molar-refractivity contribution is 0.602. The van der Waals surface area contributed by atoms with Gasteiger partial charge in [0.1, 0.15) is 18.0 Å². The molecule has 6 nitrogen and oxygen atoms in total. The summed E-state index contributed by atoms with van der Waals surface area (Å²) in [5, 5.41) is 3.23. The molecule has 1 unspecified atom stereocenters. The van der Waals surface area contributed by atoms with E-state index in [-0.39, 0.29) is 17.5 Å². The van der Waals surface area contributed by atoms with E-state index < -0.39 is 9.84 Å². The fourth-order valence-electron chi connectivity index (χ4n) is 3.27. The summed E-state index contributed by atoms with van der Waals surface area (Å²) >= 11 is 0. The predicted molar refractivity (Wildman–Crippen MR) is 89.9 cm³/mol. The standard InChI is InChI=1S/C16H18N4O2S/c21-23(22)8-6-13(10-23)19-15-9-16(18-11-17-15)20-7-5-12-3-1-2-4-14(12)20/h1-4,9,11,13H,5-8,10H2,(H,17,18,19). The van der Waals surface area contributed by atoms with Gasteiger partial charge in [-0.25, -0.2) is 18.4 Å². The molecular formula is C16H18N4O2S. The number of hydrogen-bond acceptors (Lipinski definition) is 6.